The molecule has 1 aromatic carbocycles. The smallest absolute Gasteiger partial charge is 0.139 e. The summed E-state index contributed by atoms with van der Waals surface area (Å²) in [5, 5.41) is 1.05. The maximum atomic E-state index is 5.78. The Morgan fingerprint density at radius 3 is 2.83 bits per heavy atom. The summed E-state index contributed by atoms with van der Waals surface area (Å²) < 4.78 is 0. The van der Waals surface area contributed by atoms with Gasteiger partial charge in [0.1, 0.15) is 12.1 Å². The summed E-state index contributed by atoms with van der Waals surface area (Å²) in [6.45, 7) is 4.41. The number of nitrogens with zero attached hydrogens (tertiary/aromatic N) is 3. The van der Waals surface area contributed by atoms with Crippen LogP contribution in [-0.2, 0) is 0 Å². The highest BCUT2D eigenvalue weighted by molar-refractivity contribution is 5.91. The molecule has 0 amide bonds. The highest BCUT2D eigenvalue weighted by Crippen LogP contribution is 2.25. The van der Waals surface area contributed by atoms with Crippen molar-refractivity contribution in [3.05, 3.63) is 24.5 Å². The van der Waals surface area contributed by atoms with Gasteiger partial charge in [0.25, 0.3) is 0 Å². The minimum atomic E-state index is 0.464. The molecule has 1 atom stereocenters. The summed E-state index contributed by atoms with van der Waals surface area (Å²) in [5.74, 6) is 0.973. The molecule has 0 aliphatic rings. The topological polar surface area (TPSA) is 55.0 Å². The van der Waals surface area contributed by atoms with Crippen molar-refractivity contribution in [3.63, 3.8) is 0 Å². The molecule has 4 heteroatoms. The van der Waals surface area contributed by atoms with E-state index in [1.807, 2.05) is 18.2 Å². The zero-order chi connectivity index (χ0) is 13.1. The molecule has 0 spiro atoms. The van der Waals surface area contributed by atoms with Crippen molar-refractivity contribution < 1.29 is 0 Å². The number of nitrogen functional groups attached to an aromatic ring is 1. The molecule has 2 N–H and O–H groups in total. The van der Waals surface area contributed by atoms with E-state index in [1.54, 1.807) is 6.33 Å². The number of nitrogens with two attached hydrogens (primary N) is 1. The van der Waals surface area contributed by atoms with Gasteiger partial charge in [-0.15, -0.1) is 0 Å². The first kappa shape index (κ1) is 12.6. The van der Waals surface area contributed by atoms with E-state index in [1.165, 1.54) is 6.42 Å². The third-order valence-corrected chi connectivity index (χ3v) is 3.34. The van der Waals surface area contributed by atoms with Gasteiger partial charge < -0.3 is 10.6 Å². The van der Waals surface area contributed by atoms with E-state index in [-0.39, 0.29) is 0 Å². The molecule has 0 aliphatic carbocycles. The van der Waals surface area contributed by atoms with E-state index >= 15 is 0 Å². The van der Waals surface area contributed by atoms with Crippen molar-refractivity contribution in [1.82, 2.24) is 9.97 Å². The lowest BCUT2D eigenvalue weighted by molar-refractivity contribution is 0.612. The van der Waals surface area contributed by atoms with Crippen molar-refractivity contribution in [2.24, 2.45) is 0 Å². The zero-order valence-corrected chi connectivity index (χ0v) is 11.2. The van der Waals surface area contributed by atoms with Crippen LogP contribution in [0.4, 0.5) is 11.5 Å². The number of benzene rings is 1. The molecule has 1 heterocycles. The lowest BCUT2D eigenvalue weighted by atomic mass is 10.1. The first-order chi connectivity index (χ1) is 8.63. The van der Waals surface area contributed by atoms with Gasteiger partial charge in [-0.05, 0) is 31.5 Å². The molecule has 0 aliphatic heterocycles. The van der Waals surface area contributed by atoms with Gasteiger partial charge in [-0.3, -0.25) is 0 Å². The van der Waals surface area contributed by atoms with Crippen LogP contribution in [0.3, 0.4) is 0 Å². The van der Waals surface area contributed by atoms with Crippen LogP contribution < -0.4 is 10.6 Å². The quantitative estimate of drug-likeness (QED) is 0.840. The second-order valence-corrected chi connectivity index (χ2v) is 4.72. The SMILES string of the molecule is CCCC(C)N(C)c1ncnc2cc(N)ccc12. The minimum absolute atomic E-state index is 0.464. The fourth-order valence-corrected chi connectivity index (χ4v) is 2.16. The van der Waals surface area contributed by atoms with Crippen LogP contribution in [0.25, 0.3) is 10.9 Å². The predicted octanol–water partition coefficient (Wildman–Crippen LogP) is 2.84. The largest absolute Gasteiger partial charge is 0.399 e. The summed E-state index contributed by atoms with van der Waals surface area (Å²) >= 11 is 0. The maximum Gasteiger partial charge on any atom is 0.139 e. The first-order valence-corrected chi connectivity index (χ1v) is 6.36. The van der Waals surface area contributed by atoms with Crippen LogP contribution in [0.1, 0.15) is 26.7 Å². The molecule has 96 valence electrons. The Balaban J connectivity index is 2.44. The number of anilines is 2. The van der Waals surface area contributed by atoms with Crippen molar-refractivity contribution in [2.75, 3.05) is 17.7 Å². The van der Waals surface area contributed by atoms with E-state index in [0.717, 1.165) is 28.8 Å². The van der Waals surface area contributed by atoms with Crippen LogP contribution in [0.2, 0.25) is 0 Å². The van der Waals surface area contributed by atoms with Gasteiger partial charge in [0.2, 0.25) is 0 Å². The average molecular weight is 244 g/mol. The average Bonchev–Trinajstić information content (AvgIpc) is 2.37. The van der Waals surface area contributed by atoms with Gasteiger partial charge in [-0.2, -0.15) is 0 Å². The number of hydrogen-bond donors (Lipinski definition) is 1. The molecule has 1 unspecified atom stereocenters. The molecule has 0 saturated carbocycles. The minimum Gasteiger partial charge on any atom is -0.399 e. The lowest BCUT2D eigenvalue weighted by Crippen LogP contribution is -2.29. The molecule has 2 rings (SSSR count). The Kier molecular flexibility index (Phi) is 3.65. The Hall–Kier alpha value is -1.84. The van der Waals surface area contributed by atoms with Gasteiger partial charge in [-0.1, -0.05) is 13.3 Å². The van der Waals surface area contributed by atoms with Crippen LogP contribution in [0, 0.1) is 0 Å². The van der Waals surface area contributed by atoms with Crippen LogP contribution in [-0.4, -0.2) is 23.1 Å². The van der Waals surface area contributed by atoms with E-state index in [9.17, 15) is 0 Å². The third kappa shape index (κ3) is 2.37. The standard InChI is InChI=1S/C14H20N4/c1-4-5-10(2)18(3)14-12-7-6-11(15)8-13(12)16-9-17-14/h6-10H,4-5,15H2,1-3H3. The molecule has 0 fully saturated rings. The Labute approximate surface area is 108 Å². The molecule has 18 heavy (non-hydrogen) atoms. The molecular formula is C14H20N4. The Bertz CT molecular complexity index is 538. The molecular weight excluding hydrogens is 224 g/mol. The fraction of sp³-hybridized carbons (Fsp3) is 0.429. The van der Waals surface area contributed by atoms with Gasteiger partial charge in [-0.25, -0.2) is 9.97 Å². The van der Waals surface area contributed by atoms with E-state index in [0.29, 0.717) is 6.04 Å². The van der Waals surface area contributed by atoms with Crippen molar-refractivity contribution in [2.45, 2.75) is 32.7 Å². The van der Waals surface area contributed by atoms with Crippen molar-refractivity contribution in [3.8, 4) is 0 Å². The van der Waals surface area contributed by atoms with Gasteiger partial charge >= 0.3 is 0 Å². The fourth-order valence-electron chi connectivity index (χ4n) is 2.16. The molecule has 0 radical (unpaired) electrons. The summed E-state index contributed by atoms with van der Waals surface area (Å²) in [6, 6.07) is 6.24. The Morgan fingerprint density at radius 1 is 1.33 bits per heavy atom. The third-order valence-electron chi connectivity index (χ3n) is 3.34. The number of hydrogen-bond acceptors (Lipinski definition) is 4. The highest BCUT2D eigenvalue weighted by Gasteiger charge is 2.13. The van der Waals surface area contributed by atoms with E-state index in [2.05, 4.69) is 35.8 Å². The highest BCUT2D eigenvalue weighted by atomic mass is 15.2. The molecule has 2 aromatic rings. The van der Waals surface area contributed by atoms with Gasteiger partial charge in [0.05, 0.1) is 5.52 Å². The number of rotatable bonds is 4. The Morgan fingerprint density at radius 2 is 2.11 bits per heavy atom. The van der Waals surface area contributed by atoms with Crippen LogP contribution in [0.15, 0.2) is 24.5 Å². The monoisotopic (exact) mass is 244 g/mol. The van der Waals surface area contributed by atoms with Crippen molar-refractivity contribution >= 4 is 22.4 Å². The molecule has 0 saturated heterocycles. The van der Waals surface area contributed by atoms with E-state index in [4.69, 9.17) is 5.73 Å². The first-order valence-electron chi connectivity index (χ1n) is 6.36. The summed E-state index contributed by atoms with van der Waals surface area (Å²) in [7, 11) is 2.08. The second-order valence-electron chi connectivity index (χ2n) is 4.72. The lowest BCUT2D eigenvalue weighted by Gasteiger charge is -2.26. The molecule has 1 aromatic heterocycles. The summed E-state index contributed by atoms with van der Waals surface area (Å²) in [4.78, 5) is 10.9. The normalized spacial score (nSPS) is 12.6. The van der Waals surface area contributed by atoms with Gasteiger partial charge in [0, 0.05) is 24.2 Å². The summed E-state index contributed by atoms with van der Waals surface area (Å²) in [5.41, 5.74) is 7.41. The van der Waals surface area contributed by atoms with Crippen LogP contribution >= 0.6 is 0 Å². The maximum absolute atomic E-state index is 5.78. The van der Waals surface area contributed by atoms with Gasteiger partial charge in [0.15, 0.2) is 0 Å². The zero-order valence-electron chi connectivity index (χ0n) is 11.2. The second kappa shape index (κ2) is 5.21. The number of fused-ring (bicyclic) bond motifs is 1. The molecule has 4 nitrogen and oxygen atoms in total. The van der Waals surface area contributed by atoms with Crippen molar-refractivity contribution in [1.29, 1.82) is 0 Å². The van der Waals surface area contributed by atoms with E-state index < -0.39 is 0 Å². The molecule has 0 bridgehead atoms. The van der Waals surface area contributed by atoms with Crippen LogP contribution in [0.5, 0.6) is 0 Å². The summed E-state index contributed by atoms with van der Waals surface area (Å²) in [6.07, 6.45) is 3.92. The predicted molar refractivity (Wildman–Crippen MR) is 76.7 cm³/mol. The number of aromatic nitrogens is 2.